The fourth-order valence-corrected chi connectivity index (χ4v) is 3.48. The zero-order chi connectivity index (χ0) is 21.8. The van der Waals surface area contributed by atoms with Gasteiger partial charge in [-0.1, -0.05) is 93.4 Å². The van der Waals surface area contributed by atoms with E-state index < -0.39 is 0 Å². The van der Waals surface area contributed by atoms with Crippen molar-refractivity contribution in [2.24, 2.45) is 0 Å². The van der Waals surface area contributed by atoms with E-state index in [2.05, 4.69) is 40.0 Å². The van der Waals surface area contributed by atoms with Crippen LogP contribution < -0.4 is 0 Å². The van der Waals surface area contributed by atoms with E-state index >= 15 is 0 Å². The van der Waals surface area contributed by atoms with Gasteiger partial charge in [0, 0.05) is 20.6 Å². The Morgan fingerprint density at radius 3 is 2.21 bits per heavy atom. The summed E-state index contributed by atoms with van der Waals surface area (Å²) in [4.78, 5) is 1.85. The molecule has 29 heavy (non-hydrogen) atoms. The van der Waals surface area contributed by atoms with Gasteiger partial charge < -0.3 is 9.64 Å². The topological polar surface area (TPSA) is 12.5 Å². The van der Waals surface area contributed by atoms with Gasteiger partial charge >= 0.3 is 0 Å². The standard InChI is InChI=1S/C21H22Cl3NO.C3H8/c1-4-15-8-7-9-19(23)18(15)14-26-21(13-25(5-2)6-3)17-11-10-16(22)12-20(17)24;1-3-2/h5-12,21H,2-4,13-14H2,1H3;3H2,1-2H3. The number of aryl methyl sites for hydroxylation is 1. The van der Waals surface area contributed by atoms with Gasteiger partial charge in [-0.05, 0) is 48.1 Å². The van der Waals surface area contributed by atoms with Crippen LogP contribution in [0.4, 0.5) is 0 Å². The molecule has 2 aromatic carbocycles. The summed E-state index contributed by atoms with van der Waals surface area (Å²) in [5.74, 6) is 0. The predicted molar refractivity (Wildman–Crippen MR) is 128 cm³/mol. The molecule has 0 aliphatic heterocycles. The Kier molecular flexibility index (Phi) is 12.1. The van der Waals surface area contributed by atoms with Gasteiger partial charge in [0.2, 0.25) is 0 Å². The molecule has 0 aliphatic rings. The third-order valence-electron chi connectivity index (χ3n) is 4.18. The monoisotopic (exact) mass is 453 g/mol. The summed E-state index contributed by atoms with van der Waals surface area (Å²) in [6.45, 7) is 14.9. The Labute approximate surface area is 190 Å². The van der Waals surface area contributed by atoms with Crippen molar-refractivity contribution in [3.05, 3.63) is 93.7 Å². The molecule has 1 atom stereocenters. The lowest BCUT2D eigenvalue weighted by atomic mass is 10.1. The number of rotatable bonds is 9. The summed E-state index contributed by atoms with van der Waals surface area (Å²) in [5.41, 5.74) is 3.02. The molecule has 0 saturated heterocycles. The summed E-state index contributed by atoms with van der Waals surface area (Å²) < 4.78 is 6.24. The van der Waals surface area contributed by atoms with Crippen molar-refractivity contribution >= 4 is 34.8 Å². The second-order valence-corrected chi connectivity index (χ2v) is 7.72. The largest absolute Gasteiger partial charge is 0.367 e. The van der Waals surface area contributed by atoms with E-state index in [1.807, 2.05) is 23.1 Å². The maximum absolute atomic E-state index is 6.40. The number of ether oxygens (including phenoxy) is 1. The van der Waals surface area contributed by atoms with Gasteiger partial charge in [-0.25, -0.2) is 0 Å². The Balaban J connectivity index is 0.00000132. The van der Waals surface area contributed by atoms with Crippen molar-refractivity contribution in [2.45, 2.75) is 46.3 Å². The number of benzene rings is 2. The third-order valence-corrected chi connectivity index (χ3v) is 5.10. The molecule has 158 valence electrons. The molecule has 0 saturated carbocycles. The van der Waals surface area contributed by atoms with Crippen LogP contribution in [0.25, 0.3) is 0 Å². The van der Waals surface area contributed by atoms with Crippen molar-refractivity contribution < 1.29 is 4.74 Å². The van der Waals surface area contributed by atoms with Crippen molar-refractivity contribution in [3.63, 3.8) is 0 Å². The lowest BCUT2D eigenvalue weighted by Crippen LogP contribution is -2.21. The van der Waals surface area contributed by atoms with E-state index in [4.69, 9.17) is 39.5 Å². The number of hydrogen-bond acceptors (Lipinski definition) is 2. The van der Waals surface area contributed by atoms with Crippen LogP contribution in [0.15, 0.2) is 62.0 Å². The molecule has 2 rings (SSSR count). The molecule has 1 unspecified atom stereocenters. The molecule has 0 N–H and O–H groups in total. The average molecular weight is 455 g/mol. The first-order valence-electron chi connectivity index (χ1n) is 9.75. The molecule has 0 heterocycles. The first-order chi connectivity index (χ1) is 13.9. The average Bonchev–Trinajstić information content (AvgIpc) is 2.70. The maximum atomic E-state index is 6.40. The molecule has 0 amide bonds. The van der Waals surface area contributed by atoms with Crippen LogP contribution in [-0.2, 0) is 17.8 Å². The Morgan fingerprint density at radius 1 is 1.00 bits per heavy atom. The molecule has 0 bridgehead atoms. The van der Waals surface area contributed by atoms with E-state index in [9.17, 15) is 0 Å². The van der Waals surface area contributed by atoms with Crippen molar-refractivity contribution in [3.8, 4) is 0 Å². The third kappa shape index (κ3) is 8.06. The number of hydrogen-bond donors (Lipinski definition) is 0. The normalized spacial score (nSPS) is 11.2. The quantitative estimate of drug-likeness (QED) is 0.376. The lowest BCUT2D eigenvalue weighted by Gasteiger charge is -2.25. The molecule has 2 aromatic rings. The fraction of sp³-hybridized carbons (Fsp3) is 0.333. The van der Waals surface area contributed by atoms with Crippen LogP contribution in [0.3, 0.4) is 0 Å². The molecule has 0 radical (unpaired) electrons. The zero-order valence-electron chi connectivity index (χ0n) is 17.4. The summed E-state index contributed by atoms with van der Waals surface area (Å²) in [6, 6.07) is 11.3. The van der Waals surface area contributed by atoms with Crippen LogP contribution in [0.5, 0.6) is 0 Å². The van der Waals surface area contributed by atoms with E-state index in [0.717, 1.165) is 17.5 Å². The fourth-order valence-electron chi connectivity index (χ4n) is 2.70. The molecular formula is C24H30Cl3NO. The highest BCUT2D eigenvalue weighted by Crippen LogP contribution is 2.31. The summed E-state index contributed by atoms with van der Waals surface area (Å²) >= 11 is 18.8. The molecule has 0 aromatic heterocycles. The second kappa shape index (κ2) is 13.7. The van der Waals surface area contributed by atoms with Crippen LogP contribution in [0.2, 0.25) is 15.1 Å². The minimum atomic E-state index is -0.295. The molecule has 0 fully saturated rings. The molecular weight excluding hydrogens is 425 g/mol. The van der Waals surface area contributed by atoms with Crippen molar-refractivity contribution in [1.29, 1.82) is 0 Å². The zero-order valence-corrected chi connectivity index (χ0v) is 19.7. The smallest absolute Gasteiger partial charge is 0.102 e. The SMILES string of the molecule is C=CN(C=C)CC(OCc1c(Cl)cccc1CC)c1ccc(Cl)cc1Cl.CCC. The maximum Gasteiger partial charge on any atom is 0.102 e. The van der Waals surface area contributed by atoms with Crippen LogP contribution in [0.1, 0.15) is 50.0 Å². The lowest BCUT2D eigenvalue weighted by molar-refractivity contribution is 0.0284. The first-order valence-corrected chi connectivity index (χ1v) is 10.9. The molecule has 5 heteroatoms. The Bertz CT molecular complexity index is 784. The van der Waals surface area contributed by atoms with Crippen molar-refractivity contribution in [2.75, 3.05) is 6.54 Å². The van der Waals surface area contributed by atoms with Crippen LogP contribution >= 0.6 is 34.8 Å². The van der Waals surface area contributed by atoms with E-state index in [0.29, 0.717) is 28.2 Å². The van der Waals surface area contributed by atoms with Crippen LogP contribution in [0, 0.1) is 0 Å². The minimum Gasteiger partial charge on any atom is -0.367 e. The van der Waals surface area contributed by atoms with Gasteiger partial charge in [0.15, 0.2) is 0 Å². The Hall–Kier alpha value is -1.45. The van der Waals surface area contributed by atoms with E-state index in [1.165, 1.54) is 12.0 Å². The summed E-state index contributed by atoms with van der Waals surface area (Å²) in [6.07, 6.45) is 5.23. The molecule has 2 nitrogen and oxygen atoms in total. The molecule has 0 spiro atoms. The predicted octanol–water partition coefficient (Wildman–Crippen LogP) is 8.47. The summed E-state index contributed by atoms with van der Waals surface area (Å²) in [5, 5.41) is 1.85. The second-order valence-electron chi connectivity index (χ2n) is 6.47. The number of nitrogens with zero attached hydrogens (tertiary/aromatic N) is 1. The summed E-state index contributed by atoms with van der Waals surface area (Å²) in [7, 11) is 0. The van der Waals surface area contributed by atoms with E-state index in [1.54, 1.807) is 24.5 Å². The highest BCUT2D eigenvalue weighted by Gasteiger charge is 2.19. The number of halogens is 3. The van der Waals surface area contributed by atoms with Crippen molar-refractivity contribution in [1.82, 2.24) is 4.90 Å². The molecule has 0 aliphatic carbocycles. The highest BCUT2D eigenvalue weighted by atomic mass is 35.5. The minimum absolute atomic E-state index is 0.295. The van der Waals surface area contributed by atoms with Crippen LogP contribution in [-0.4, -0.2) is 11.4 Å². The Morgan fingerprint density at radius 2 is 1.66 bits per heavy atom. The van der Waals surface area contributed by atoms with Gasteiger partial charge in [0.25, 0.3) is 0 Å². The highest BCUT2D eigenvalue weighted by molar-refractivity contribution is 6.35. The van der Waals surface area contributed by atoms with E-state index in [-0.39, 0.29) is 6.10 Å². The van der Waals surface area contributed by atoms with Gasteiger partial charge in [0.1, 0.15) is 6.10 Å². The van der Waals surface area contributed by atoms with Gasteiger partial charge in [-0.3, -0.25) is 0 Å². The van der Waals surface area contributed by atoms with Gasteiger partial charge in [-0.15, -0.1) is 0 Å². The first kappa shape index (κ1) is 25.6. The van der Waals surface area contributed by atoms with Gasteiger partial charge in [0.05, 0.1) is 13.2 Å². The van der Waals surface area contributed by atoms with Gasteiger partial charge in [-0.2, -0.15) is 0 Å².